The second kappa shape index (κ2) is 5.17. The van der Waals surface area contributed by atoms with Gasteiger partial charge < -0.3 is 10.3 Å². The van der Waals surface area contributed by atoms with Crippen LogP contribution in [0.2, 0.25) is 5.02 Å². The molecule has 0 saturated heterocycles. The van der Waals surface area contributed by atoms with Crippen LogP contribution >= 0.6 is 27.5 Å². The predicted molar refractivity (Wildman–Crippen MR) is 83.0 cm³/mol. The largest absolute Gasteiger partial charge is 0.324 e. The minimum atomic E-state index is -0.346. The summed E-state index contributed by atoms with van der Waals surface area (Å²) < 4.78 is 16.2. The highest BCUT2D eigenvalue weighted by atomic mass is 79.9. The topological polar surface area (TPSA) is 30.9 Å². The number of hydrogen-bond acceptors (Lipinski definition) is 1. The normalized spacial score (nSPS) is 18.1. The zero-order chi connectivity index (χ0) is 14.4. The molecule has 0 fully saturated rings. The number of fused-ring (bicyclic) bond motifs is 1. The van der Waals surface area contributed by atoms with Crippen LogP contribution in [-0.4, -0.2) is 4.57 Å². The first-order chi connectivity index (χ1) is 9.49. The van der Waals surface area contributed by atoms with Gasteiger partial charge in [0.05, 0.1) is 10.7 Å². The van der Waals surface area contributed by atoms with Crippen LogP contribution in [0.5, 0.6) is 0 Å². The summed E-state index contributed by atoms with van der Waals surface area (Å²) in [7, 11) is 0. The quantitative estimate of drug-likeness (QED) is 0.789. The minimum absolute atomic E-state index is 0.0803. The number of nitrogens with zero attached hydrogens (tertiary/aromatic N) is 1. The van der Waals surface area contributed by atoms with Crippen LogP contribution in [0.15, 0.2) is 22.7 Å². The van der Waals surface area contributed by atoms with Gasteiger partial charge in [-0.15, -0.1) is 0 Å². The van der Waals surface area contributed by atoms with Crippen molar-refractivity contribution in [1.82, 2.24) is 4.57 Å². The summed E-state index contributed by atoms with van der Waals surface area (Å²) >= 11 is 9.67. The number of nitrogens with two attached hydrogens (primary N) is 1. The molecule has 0 saturated carbocycles. The van der Waals surface area contributed by atoms with Gasteiger partial charge in [-0.2, -0.15) is 0 Å². The summed E-state index contributed by atoms with van der Waals surface area (Å²) in [5.41, 5.74) is 10.4. The fraction of sp³-hybridized carbons (Fsp3) is 0.333. The van der Waals surface area contributed by atoms with Crippen LogP contribution < -0.4 is 5.73 Å². The van der Waals surface area contributed by atoms with Gasteiger partial charge in [-0.3, -0.25) is 0 Å². The zero-order valence-corrected chi connectivity index (χ0v) is 13.4. The van der Waals surface area contributed by atoms with Crippen molar-refractivity contribution in [2.75, 3.05) is 0 Å². The SMILES string of the molecule is Cc1cc2c(n1-c1c(Cl)cc(F)cc1Br)CCCC2N. The van der Waals surface area contributed by atoms with E-state index in [1.807, 2.05) is 6.92 Å². The maximum Gasteiger partial charge on any atom is 0.125 e. The van der Waals surface area contributed by atoms with E-state index in [1.54, 1.807) is 0 Å². The molecule has 3 rings (SSSR count). The van der Waals surface area contributed by atoms with E-state index in [9.17, 15) is 4.39 Å². The average molecular weight is 358 g/mol. The Hall–Kier alpha value is -0.840. The summed E-state index contributed by atoms with van der Waals surface area (Å²) in [6.45, 7) is 2.02. The van der Waals surface area contributed by atoms with Gasteiger partial charge >= 0.3 is 0 Å². The predicted octanol–water partition coefficient (Wildman–Crippen LogP) is 4.68. The molecule has 1 atom stereocenters. The first-order valence-electron chi connectivity index (χ1n) is 6.60. The summed E-state index contributed by atoms with van der Waals surface area (Å²) in [5.74, 6) is -0.346. The molecule has 2 N–H and O–H groups in total. The molecule has 1 aromatic heterocycles. The lowest BCUT2D eigenvalue weighted by Gasteiger charge is -2.22. The lowest BCUT2D eigenvalue weighted by atomic mass is 9.93. The first kappa shape index (κ1) is 14.1. The molecule has 106 valence electrons. The monoisotopic (exact) mass is 356 g/mol. The van der Waals surface area contributed by atoms with Gasteiger partial charge in [-0.25, -0.2) is 4.39 Å². The third kappa shape index (κ3) is 2.20. The Morgan fingerprint density at radius 1 is 1.40 bits per heavy atom. The first-order valence-corrected chi connectivity index (χ1v) is 7.77. The molecule has 1 unspecified atom stereocenters. The van der Waals surface area contributed by atoms with E-state index in [1.165, 1.54) is 23.4 Å². The van der Waals surface area contributed by atoms with Gasteiger partial charge in [0.1, 0.15) is 5.82 Å². The number of hydrogen-bond donors (Lipinski definition) is 1. The molecule has 1 aliphatic carbocycles. The van der Waals surface area contributed by atoms with E-state index < -0.39 is 0 Å². The Bertz CT molecular complexity index is 658. The molecule has 0 bridgehead atoms. The zero-order valence-electron chi connectivity index (χ0n) is 11.1. The van der Waals surface area contributed by atoms with Crippen molar-refractivity contribution < 1.29 is 4.39 Å². The van der Waals surface area contributed by atoms with Crippen LogP contribution in [0.25, 0.3) is 5.69 Å². The molecular formula is C15H15BrClFN2. The maximum atomic E-state index is 13.4. The van der Waals surface area contributed by atoms with Crippen LogP contribution in [0.3, 0.4) is 0 Å². The molecule has 0 radical (unpaired) electrons. The second-order valence-electron chi connectivity index (χ2n) is 5.24. The molecule has 1 aliphatic rings. The Balaban J connectivity index is 2.26. The molecule has 5 heteroatoms. The van der Waals surface area contributed by atoms with Crippen molar-refractivity contribution in [3.8, 4) is 5.69 Å². The van der Waals surface area contributed by atoms with Crippen molar-refractivity contribution in [2.45, 2.75) is 32.2 Å². The number of aryl methyl sites for hydroxylation is 1. The third-order valence-electron chi connectivity index (χ3n) is 3.85. The van der Waals surface area contributed by atoms with Gasteiger partial charge in [-0.05, 0) is 65.9 Å². The molecular weight excluding hydrogens is 343 g/mol. The molecule has 0 aliphatic heterocycles. The third-order valence-corrected chi connectivity index (χ3v) is 4.75. The average Bonchev–Trinajstić information content (AvgIpc) is 2.67. The van der Waals surface area contributed by atoms with E-state index in [0.717, 1.165) is 30.6 Å². The van der Waals surface area contributed by atoms with Gasteiger partial charge in [0.25, 0.3) is 0 Å². The molecule has 0 amide bonds. The Morgan fingerprint density at radius 2 is 2.15 bits per heavy atom. The summed E-state index contributed by atoms with van der Waals surface area (Å²) in [6.07, 6.45) is 3.04. The Morgan fingerprint density at radius 3 is 2.85 bits per heavy atom. The number of rotatable bonds is 1. The number of halogens is 3. The van der Waals surface area contributed by atoms with E-state index in [4.69, 9.17) is 17.3 Å². The van der Waals surface area contributed by atoms with E-state index in [0.29, 0.717) is 9.50 Å². The summed E-state index contributed by atoms with van der Waals surface area (Å²) in [5, 5.41) is 0.400. The van der Waals surface area contributed by atoms with E-state index >= 15 is 0 Å². The molecule has 1 heterocycles. The fourth-order valence-corrected chi connectivity index (χ4v) is 4.01. The highest BCUT2D eigenvalue weighted by Gasteiger charge is 2.24. The van der Waals surface area contributed by atoms with Crippen LogP contribution in [-0.2, 0) is 6.42 Å². The molecule has 0 spiro atoms. The van der Waals surface area contributed by atoms with Gasteiger partial charge in [-0.1, -0.05) is 11.6 Å². The molecule has 1 aromatic carbocycles. The van der Waals surface area contributed by atoms with Crippen molar-refractivity contribution in [3.05, 3.63) is 50.5 Å². The fourth-order valence-electron chi connectivity index (χ4n) is 3.00. The van der Waals surface area contributed by atoms with Crippen LogP contribution in [0.4, 0.5) is 4.39 Å². The van der Waals surface area contributed by atoms with Gasteiger partial charge in [0.15, 0.2) is 0 Å². The standard InChI is InChI=1S/C15H15BrClFN2/c1-8-5-10-13(19)3-2-4-14(10)20(8)15-11(16)6-9(18)7-12(15)17/h5-7,13H,2-4,19H2,1H3. The smallest absolute Gasteiger partial charge is 0.125 e. The van der Waals surface area contributed by atoms with Crippen LogP contribution in [0.1, 0.15) is 35.8 Å². The van der Waals surface area contributed by atoms with Gasteiger partial charge in [0, 0.05) is 21.9 Å². The molecule has 2 aromatic rings. The Labute approximate surface area is 130 Å². The van der Waals surface area contributed by atoms with Gasteiger partial charge in [0.2, 0.25) is 0 Å². The summed E-state index contributed by atoms with van der Waals surface area (Å²) in [4.78, 5) is 0. The number of benzene rings is 1. The highest BCUT2D eigenvalue weighted by molar-refractivity contribution is 9.10. The van der Waals surface area contributed by atoms with Crippen LogP contribution in [0, 0.1) is 12.7 Å². The maximum absolute atomic E-state index is 13.4. The van der Waals surface area contributed by atoms with Crippen molar-refractivity contribution >= 4 is 27.5 Å². The lowest BCUT2D eigenvalue weighted by Crippen LogP contribution is -2.18. The van der Waals surface area contributed by atoms with E-state index in [-0.39, 0.29) is 11.9 Å². The second-order valence-corrected chi connectivity index (χ2v) is 6.50. The summed E-state index contributed by atoms with van der Waals surface area (Å²) in [6, 6.07) is 4.98. The van der Waals surface area contributed by atoms with Crippen molar-refractivity contribution in [2.24, 2.45) is 5.73 Å². The van der Waals surface area contributed by atoms with Crippen molar-refractivity contribution in [1.29, 1.82) is 0 Å². The highest BCUT2D eigenvalue weighted by Crippen LogP contribution is 2.37. The minimum Gasteiger partial charge on any atom is -0.324 e. The molecule has 2 nitrogen and oxygen atoms in total. The number of aromatic nitrogens is 1. The lowest BCUT2D eigenvalue weighted by molar-refractivity contribution is 0.559. The van der Waals surface area contributed by atoms with Crippen molar-refractivity contribution in [3.63, 3.8) is 0 Å². The van der Waals surface area contributed by atoms with E-state index in [2.05, 4.69) is 26.6 Å². The Kier molecular flexibility index (Phi) is 3.65. The molecule has 20 heavy (non-hydrogen) atoms.